The predicted molar refractivity (Wildman–Crippen MR) is 85.0 cm³/mol. The number of hydrogen-bond donors (Lipinski definition) is 0. The molecule has 1 heterocycles. The normalized spacial score (nSPS) is 20.4. The van der Waals surface area contributed by atoms with Gasteiger partial charge in [-0.05, 0) is 24.6 Å². The largest absolute Gasteiger partial charge is 0.496 e. The zero-order valence-corrected chi connectivity index (χ0v) is 13.6. The number of rotatable bonds is 4. The molecule has 0 aliphatic carbocycles. The highest BCUT2D eigenvalue weighted by Gasteiger charge is 2.57. The number of alkyl halides is 3. The first-order valence-electron chi connectivity index (χ1n) is 7.68. The number of hydrogen-bond acceptors (Lipinski definition) is 3. The Kier molecular flexibility index (Phi) is 4.20. The van der Waals surface area contributed by atoms with Gasteiger partial charge in [0.2, 0.25) is 5.60 Å². The summed E-state index contributed by atoms with van der Waals surface area (Å²) in [6.45, 7) is 1.73. The lowest BCUT2D eigenvalue weighted by molar-refractivity contribution is -0.192. The first-order valence-corrected chi connectivity index (χ1v) is 7.68. The minimum absolute atomic E-state index is 0.261. The summed E-state index contributed by atoms with van der Waals surface area (Å²) in [4.78, 5) is 18.5. The lowest BCUT2D eigenvalue weighted by Gasteiger charge is -2.47. The van der Waals surface area contributed by atoms with Gasteiger partial charge < -0.3 is 4.74 Å². The van der Waals surface area contributed by atoms with Crippen LogP contribution in [-0.4, -0.2) is 13.0 Å². The molecule has 0 unspecified atom stereocenters. The van der Waals surface area contributed by atoms with E-state index in [0.29, 0.717) is 16.4 Å². The molecule has 1 fully saturated rings. The van der Waals surface area contributed by atoms with E-state index in [-0.39, 0.29) is 12.1 Å². The molecule has 1 amide bonds. The third-order valence-corrected chi connectivity index (χ3v) is 4.25. The van der Waals surface area contributed by atoms with Gasteiger partial charge in [0.15, 0.2) is 0 Å². The lowest BCUT2D eigenvalue weighted by atomic mass is 9.86. The van der Waals surface area contributed by atoms with Gasteiger partial charge in [-0.2, -0.15) is 18.2 Å². The molecule has 0 aromatic heterocycles. The summed E-state index contributed by atoms with van der Waals surface area (Å²) in [6, 6.07) is 11.6. The number of methoxy groups -OCH3 is 1. The van der Waals surface area contributed by atoms with Crippen LogP contribution in [-0.2, 0) is 21.4 Å². The van der Waals surface area contributed by atoms with E-state index >= 15 is 0 Å². The quantitative estimate of drug-likeness (QED) is 0.824. The van der Waals surface area contributed by atoms with Crippen molar-refractivity contribution in [1.82, 2.24) is 0 Å². The number of ether oxygens (including phenoxy) is 1. The summed E-state index contributed by atoms with van der Waals surface area (Å²) >= 11 is 0. The van der Waals surface area contributed by atoms with Gasteiger partial charge in [-0.15, -0.1) is 0 Å². The molecule has 1 aliphatic rings. The Morgan fingerprint density at radius 3 is 2.36 bits per heavy atom. The lowest BCUT2D eigenvalue weighted by Crippen LogP contribution is -2.62. The first-order chi connectivity index (χ1) is 11.8. The van der Waals surface area contributed by atoms with Crippen LogP contribution in [0.15, 0.2) is 48.5 Å². The summed E-state index contributed by atoms with van der Waals surface area (Å²) in [5, 5.41) is 0.707. The van der Waals surface area contributed by atoms with Gasteiger partial charge >= 0.3 is 6.18 Å². The average Bonchev–Trinajstić information content (AvgIpc) is 2.61. The highest BCUT2D eigenvalue weighted by Crippen LogP contribution is 2.48. The molecule has 0 N–H and O–H groups in total. The molecule has 25 heavy (non-hydrogen) atoms. The van der Waals surface area contributed by atoms with Crippen LogP contribution in [0.25, 0.3) is 0 Å². The van der Waals surface area contributed by atoms with Crippen molar-refractivity contribution in [2.24, 2.45) is 0 Å². The molecule has 4 nitrogen and oxygen atoms in total. The van der Waals surface area contributed by atoms with E-state index in [4.69, 9.17) is 9.57 Å². The van der Waals surface area contributed by atoms with Crippen molar-refractivity contribution in [2.75, 3.05) is 12.2 Å². The zero-order chi connectivity index (χ0) is 18.2. The molecule has 1 aliphatic heterocycles. The third-order valence-electron chi connectivity index (χ3n) is 4.25. The van der Waals surface area contributed by atoms with Gasteiger partial charge in [-0.3, -0.25) is 4.79 Å². The van der Waals surface area contributed by atoms with Gasteiger partial charge in [-0.25, -0.2) is 4.84 Å². The fraction of sp³-hybridized carbons (Fsp3) is 0.278. The number of hydroxylamine groups is 1. The Morgan fingerprint density at radius 1 is 1.12 bits per heavy atom. The summed E-state index contributed by atoms with van der Waals surface area (Å²) < 4.78 is 44.9. The number of anilines is 1. The van der Waals surface area contributed by atoms with E-state index in [0.717, 1.165) is 6.07 Å². The standard InChI is InChI=1S/C18H16F3NO3/c1-3-17(13-9-5-7-11-15(13)24-2)16(23)22(25-17)14-10-6-4-8-12(14)18(19,20)21/h4-11H,3H2,1-2H3/t17-/m0/s1. The van der Waals surface area contributed by atoms with Crippen LogP contribution in [0.1, 0.15) is 24.5 Å². The van der Waals surface area contributed by atoms with Crippen molar-refractivity contribution in [3.05, 3.63) is 59.7 Å². The van der Waals surface area contributed by atoms with Crippen LogP contribution in [0.4, 0.5) is 18.9 Å². The molecule has 0 radical (unpaired) electrons. The second kappa shape index (κ2) is 6.07. The van der Waals surface area contributed by atoms with Crippen molar-refractivity contribution in [3.8, 4) is 5.75 Å². The first kappa shape index (κ1) is 17.3. The van der Waals surface area contributed by atoms with Gasteiger partial charge in [0.25, 0.3) is 5.91 Å². The van der Waals surface area contributed by atoms with Crippen LogP contribution in [0.5, 0.6) is 5.75 Å². The molecule has 132 valence electrons. The molecule has 2 aromatic rings. The Morgan fingerprint density at radius 2 is 1.76 bits per heavy atom. The zero-order valence-electron chi connectivity index (χ0n) is 13.6. The van der Waals surface area contributed by atoms with Crippen molar-refractivity contribution >= 4 is 11.6 Å². The topological polar surface area (TPSA) is 38.8 Å². The van der Waals surface area contributed by atoms with Crippen molar-refractivity contribution in [3.63, 3.8) is 0 Å². The minimum atomic E-state index is -4.59. The number of carbonyl (C=O) groups excluding carboxylic acids is 1. The number of carbonyl (C=O) groups is 1. The van der Waals surface area contributed by atoms with Gasteiger partial charge in [0.05, 0.1) is 18.4 Å². The number of benzene rings is 2. The second-order valence-corrected chi connectivity index (χ2v) is 5.59. The number of amides is 1. The highest BCUT2D eigenvalue weighted by molar-refractivity contribution is 6.04. The highest BCUT2D eigenvalue weighted by atomic mass is 19.4. The molecule has 0 bridgehead atoms. The molecule has 7 heteroatoms. The summed E-state index contributed by atoms with van der Waals surface area (Å²) in [5.74, 6) is -0.113. The maximum Gasteiger partial charge on any atom is 0.418 e. The summed E-state index contributed by atoms with van der Waals surface area (Å²) in [7, 11) is 1.46. The average molecular weight is 351 g/mol. The maximum absolute atomic E-state index is 13.2. The third kappa shape index (κ3) is 2.64. The number of para-hydroxylation sites is 2. The summed E-state index contributed by atoms with van der Waals surface area (Å²) in [5.41, 5.74) is -2.11. The van der Waals surface area contributed by atoms with Crippen molar-refractivity contribution in [1.29, 1.82) is 0 Å². The van der Waals surface area contributed by atoms with Gasteiger partial charge in [0, 0.05) is 5.56 Å². The van der Waals surface area contributed by atoms with Crippen LogP contribution >= 0.6 is 0 Å². The number of nitrogens with zero attached hydrogens (tertiary/aromatic N) is 1. The Hall–Kier alpha value is -2.54. The van der Waals surface area contributed by atoms with E-state index in [9.17, 15) is 18.0 Å². The molecule has 2 aromatic carbocycles. The van der Waals surface area contributed by atoms with Crippen LogP contribution in [0, 0.1) is 0 Å². The van der Waals surface area contributed by atoms with Crippen LogP contribution < -0.4 is 9.80 Å². The van der Waals surface area contributed by atoms with Gasteiger partial charge in [0.1, 0.15) is 5.75 Å². The molecule has 0 spiro atoms. The van der Waals surface area contributed by atoms with E-state index < -0.39 is 23.2 Å². The summed E-state index contributed by atoms with van der Waals surface area (Å²) in [6.07, 6.45) is -4.33. The second-order valence-electron chi connectivity index (χ2n) is 5.59. The fourth-order valence-corrected chi connectivity index (χ4v) is 2.96. The van der Waals surface area contributed by atoms with E-state index in [2.05, 4.69) is 0 Å². The van der Waals surface area contributed by atoms with Crippen LogP contribution in [0.3, 0.4) is 0 Å². The molecular weight excluding hydrogens is 335 g/mol. The van der Waals surface area contributed by atoms with Gasteiger partial charge in [-0.1, -0.05) is 37.3 Å². The molecule has 0 saturated carbocycles. The molecule has 1 saturated heterocycles. The van der Waals surface area contributed by atoms with Crippen molar-refractivity contribution < 1.29 is 27.5 Å². The van der Waals surface area contributed by atoms with Crippen molar-refractivity contribution in [2.45, 2.75) is 25.1 Å². The Bertz CT molecular complexity index is 806. The Balaban J connectivity index is 2.01. The molecular formula is C18H16F3NO3. The monoisotopic (exact) mass is 351 g/mol. The van der Waals surface area contributed by atoms with E-state index in [1.165, 1.54) is 25.3 Å². The molecule has 3 rings (SSSR count). The predicted octanol–water partition coefficient (Wildman–Crippen LogP) is 4.30. The number of halogens is 3. The minimum Gasteiger partial charge on any atom is -0.496 e. The fourth-order valence-electron chi connectivity index (χ4n) is 2.96. The smallest absolute Gasteiger partial charge is 0.418 e. The maximum atomic E-state index is 13.2. The molecule has 1 atom stereocenters. The van der Waals surface area contributed by atoms with E-state index in [1.807, 2.05) is 0 Å². The van der Waals surface area contributed by atoms with Crippen LogP contribution in [0.2, 0.25) is 0 Å². The SMILES string of the molecule is CC[C@@]1(c2ccccc2OC)ON(c2ccccc2C(F)(F)F)C1=O. The van der Waals surface area contributed by atoms with E-state index in [1.54, 1.807) is 31.2 Å². The Labute approximate surface area is 142 Å².